The lowest BCUT2D eigenvalue weighted by Crippen LogP contribution is -2.58. The summed E-state index contributed by atoms with van der Waals surface area (Å²) in [5.41, 5.74) is 0.847. The molecule has 2 saturated carbocycles. The number of epoxide rings is 1. The summed E-state index contributed by atoms with van der Waals surface area (Å²) in [6.45, 7) is 10.6. The van der Waals surface area contributed by atoms with Crippen molar-refractivity contribution in [2.24, 2.45) is 23.7 Å². The zero-order valence-electron chi connectivity index (χ0n) is 20.1. The standard InChI is InChI=1S/C28H38N2O3/c1-20-10-11-24-22(25(31)32-28(24)23(20)12-13-27(2)26(28)33-27)19-30-17-15-29(16-18-30)14-6-9-21-7-4-3-5-8-21/h3-9,20,22-24,26H,10-19H2,1-2H3/b9-6+/t20-,22+,23+,24+,26-,27-,28-/m1/s1. The largest absolute Gasteiger partial charge is 0.455 e. The number of nitrogens with zero attached hydrogens (tertiary/aromatic N) is 2. The summed E-state index contributed by atoms with van der Waals surface area (Å²) in [4.78, 5) is 18.3. The van der Waals surface area contributed by atoms with Gasteiger partial charge in [0.1, 0.15) is 11.7 Å². The number of hydrogen-bond donors (Lipinski definition) is 0. The van der Waals surface area contributed by atoms with Gasteiger partial charge in [0.25, 0.3) is 0 Å². The predicted octanol–water partition coefficient (Wildman–Crippen LogP) is 3.84. The van der Waals surface area contributed by atoms with Gasteiger partial charge in [0.15, 0.2) is 0 Å². The fraction of sp³-hybridized carbons (Fsp3) is 0.679. The minimum absolute atomic E-state index is 0.0103. The molecular formula is C28H38N2O3. The molecule has 0 N–H and O–H groups in total. The van der Waals surface area contributed by atoms with E-state index >= 15 is 0 Å². The molecule has 0 aromatic heterocycles. The molecule has 7 atom stereocenters. The average Bonchev–Trinajstić information content (AvgIpc) is 3.45. The Bertz CT molecular complexity index is 911. The van der Waals surface area contributed by atoms with Crippen LogP contribution in [-0.2, 0) is 14.3 Å². The molecule has 3 heterocycles. The van der Waals surface area contributed by atoms with Crippen molar-refractivity contribution in [1.29, 1.82) is 0 Å². The summed E-state index contributed by atoms with van der Waals surface area (Å²) < 4.78 is 12.7. The fourth-order valence-corrected chi connectivity index (χ4v) is 7.60. The Hall–Kier alpha value is -1.69. The van der Waals surface area contributed by atoms with Gasteiger partial charge in [0.05, 0.1) is 11.5 Å². The first-order valence-electron chi connectivity index (χ1n) is 13.1. The molecule has 0 unspecified atom stereocenters. The van der Waals surface area contributed by atoms with E-state index < -0.39 is 0 Å². The highest BCUT2D eigenvalue weighted by molar-refractivity contribution is 5.77. The minimum Gasteiger partial charge on any atom is -0.455 e. The number of fused-ring (bicyclic) bond motifs is 1. The Balaban J connectivity index is 1.08. The van der Waals surface area contributed by atoms with E-state index in [0.717, 1.165) is 58.5 Å². The van der Waals surface area contributed by atoms with Crippen molar-refractivity contribution >= 4 is 12.0 Å². The lowest BCUT2D eigenvalue weighted by atomic mass is 9.55. The van der Waals surface area contributed by atoms with E-state index in [1.807, 2.05) is 0 Å². The number of rotatable bonds is 5. The molecule has 178 valence electrons. The molecule has 5 nitrogen and oxygen atoms in total. The lowest BCUT2D eigenvalue weighted by molar-refractivity contribution is -0.168. The Morgan fingerprint density at radius 1 is 1.03 bits per heavy atom. The van der Waals surface area contributed by atoms with Crippen LogP contribution >= 0.6 is 0 Å². The SMILES string of the molecule is C[C@@H]1CC[C@H]2[C@H](CN3CCN(C/C=C/c4ccccc4)CC3)C(=O)O[C@]23[C@H]1CC[C@@]1(C)O[C@@H]31. The fourth-order valence-electron chi connectivity index (χ4n) is 7.60. The number of carbonyl (C=O) groups excluding carboxylic acids is 1. The summed E-state index contributed by atoms with van der Waals surface area (Å²) >= 11 is 0. The molecule has 0 bridgehead atoms. The number of hydrogen-bond acceptors (Lipinski definition) is 5. The van der Waals surface area contributed by atoms with Crippen LogP contribution in [0.2, 0.25) is 0 Å². The molecule has 3 saturated heterocycles. The van der Waals surface area contributed by atoms with Crippen LogP contribution in [0.25, 0.3) is 6.08 Å². The molecule has 2 aliphatic carbocycles. The number of esters is 1. The first kappa shape index (κ1) is 21.8. The van der Waals surface area contributed by atoms with Crippen molar-refractivity contribution in [3.05, 3.63) is 42.0 Å². The van der Waals surface area contributed by atoms with Crippen molar-refractivity contribution in [3.63, 3.8) is 0 Å². The van der Waals surface area contributed by atoms with Gasteiger partial charge >= 0.3 is 5.97 Å². The Morgan fingerprint density at radius 2 is 1.79 bits per heavy atom. The molecule has 5 aliphatic rings. The first-order chi connectivity index (χ1) is 16.0. The topological polar surface area (TPSA) is 45.3 Å². The van der Waals surface area contributed by atoms with Crippen molar-refractivity contribution in [3.8, 4) is 0 Å². The van der Waals surface area contributed by atoms with Crippen LogP contribution in [0.4, 0.5) is 0 Å². The van der Waals surface area contributed by atoms with Gasteiger partial charge in [-0.2, -0.15) is 0 Å². The van der Waals surface area contributed by atoms with Crippen molar-refractivity contribution < 1.29 is 14.3 Å². The van der Waals surface area contributed by atoms with E-state index in [4.69, 9.17) is 9.47 Å². The predicted molar refractivity (Wildman–Crippen MR) is 129 cm³/mol. The van der Waals surface area contributed by atoms with E-state index in [0.29, 0.717) is 17.8 Å². The maximum Gasteiger partial charge on any atom is 0.311 e. The molecule has 0 amide bonds. The molecule has 5 fully saturated rings. The molecule has 6 rings (SSSR count). The Labute approximate surface area is 198 Å². The highest BCUT2D eigenvalue weighted by Crippen LogP contribution is 2.66. The van der Waals surface area contributed by atoms with Gasteiger partial charge in [-0.25, -0.2) is 0 Å². The highest BCUT2D eigenvalue weighted by Gasteiger charge is 2.77. The maximum absolute atomic E-state index is 13.3. The highest BCUT2D eigenvalue weighted by atomic mass is 16.7. The van der Waals surface area contributed by atoms with Gasteiger partial charge in [-0.1, -0.05) is 49.4 Å². The third kappa shape index (κ3) is 3.67. The number of carbonyl (C=O) groups is 1. The smallest absolute Gasteiger partial charge is 0.311 e. The van der Waals surface area contributed by atoms with Crippen LogP contribution in [-0.4, -0.2) is 72.3 Å². The van der Waals surface area contributed by atoms with Crippen LogP contribution in [0.1, 0.15) is 45.1 Å². The quantitative estimate of drug-likeness (QED) is 0.504. The molecule has 5 heteroatoms. The second-order valence-electron chi connectivity index (χ2n) is 11.4. The molecule has 1 aromatic carbocycles. The molecular weight excluding hydrogens is 412 g/mol. The van der Waals surface area contributed by atoms with Gasteiger partial charge in [0.2, 0.25) is 0 Å². The first-order valence-corrected chi connectivity index (χ1v) is 13.1. The van der Waals surface area contributed by atoms with Gasteiger partial charge in [-0.3, -0.25) is 14.6 Å². The number of benzene rings is 1. The van der Waals surface area contributed by atoms with Crippen molar-refractivity contribution in [2.75, 3.05) is 39.3 Å². The molecule has 1 aromatic rings. The summed E-state index contributed by atoms with van der Waals surface area (Å²) in [5.74, 6) is 1.47. The summed E-state index contributed by atoms with van der Waals surface area (Å²) in [5, 5.41) is 0. The molecule has 33 heavy (non-hydrogen) atoms. The van der Waals surface area contributed by atoms with E-state index in [-0.39, 0.29) is 29.2 Å². The Morgan fingerprint density at radius 3 is 2.58 bits per heavy atom. The van der Waals surface area contributed by atoms with Gasteiger partial charge < -0.3 is 9.47 Å². The van der Waals surface area contributed by atoms with Crippen LogP contribution in [0, 0.1) is 23.7 Å². The average molecular weight is 451 g/mol. The van der Waals surface area contributed by atoms with Crippen LogP contribution in [0.5, 0.6) is 0 Å². The zero-order valence-corrected chi connectivity index (χ0v) is 20.1. The number of piperazine rings is 1. The number of ether oxygens (including phenoxy) is 2. The molecule has 1 spiro atoms. The summed E-state index contributed by atoms with van der Waals surface area (Å²) in [6, 6.07) is 10.5. The van der Waals surface area contributed by atoms with Crippen LogP contribution in [0.3, 0.4) is 0 Å². The van der Waals surface area contributed by atoms with Crippen LogP contribution in [0.15, 0.2) is 36.4 Å². The van der Waals surface area contributed by atoms with Gasteiger partial charge in [0, 0.05) is 51.1 Å². The minimum atomic E-state index is -0.351. The van der Waals surface area contributed by atoms with E-state index in [1.54, 1.807) is 0 Å². The van der Waals surface area contributed by atoms with Crippen molar-refractivity contribution in [1.82, 2.24) is 9.80 Å². The third-order valence-electron chi connectivity index (χ3n) is 9.48. The van der Waals surface area contributed by atoms with E-state index in [9.17, 15) is 4.79 Å². The van der Waals surface area contributed by atoms with Crippen LogP contribution < -0.4 is 0 Å². The third-order valence-corrected chi connectivity index (χ3v) is 9.48. The second kappa shape index (κ2) is 8.21. The normalized spacial score (nSPS) is 43.1. The maximum atomic E-state index is 13.3. The van der Waals surface area contributed by atoms with E-state index in [1.165, 1.54) is 12.0 Å². The zero-order chi connectivity index (χ0) is 22.6. The molecule has 0 radical (unpaired) electrons. The molecule has 3 aliphatic heterocycles. The second-order valence-corrected chi connectivity index (χ2v) is 11.4. The summed E-state index contributed by atoms with van der Waals surface area (Å²) in [7, 11) is 0. The van der Waals surface area contributed by atoms with Crippen molar-refractivity contribution in [2.45, 2.75) is 56.8 Å². The Kier molecular flexibility index (Phi) is 5.43. The lowest BCUT2D eigenvalue weighted by Gasteiger charge is -2.50. The monoisotopic (exact) mass is 450 g/mol. The summed E-state index contributed by atoms with van der Waals surface area (Å²) in [6.07, 6.45) is 9.17. The van der Waals surface area contributed by atoms with E-state index in [2.05, 4.69) is 66.1 Å². The van der Waals surface area contributed by atoms with Gasteiger partial charge in [-0.15, -0.1) is 0 Å². The van der Waals surface area contributed by atoms with Gasteiger partial charge in [-0.05, 0) is 44.1 Å².